The van der Waals surface area contributed by atoms with Gasteiger partial charge in [-0.15, -0.1) is 0 Å². The molecule has 2 atom stereocenters. The maximum absolute atomic E-state index is 12.1. The van der Waals surface area contributed by atoms with Crippen LogP contribution >= 0.6 is 0 Å². The summed E-state index contributed by atoms with van der Waals surface area (Å²) in [4.78, 5) is 36.0. The highest BCUT2D eigenvalue weighted by atomic mass is 16.5. The van der Waals surface area contributed by atoms with Crippen molar-refractivity contribution in [2.75, 3.05) is 52.6 Å². The van der Waals surface area contributed by atoms with Crippen LogP contribution < -0.4 is 5.32 Å². The molecule has 3 aliphatic heterocycles. The molecule has 3 rings (SSSR count). The molecule has 3 aliphatic rings. The van der Waals surface area contributed by atoms with Gasteiger partial charge in [-0.3, -0.25) is 19.3 Å². The molecule has 3 heterocycles. The van der Waals surface area contributed by atoms with Gasteiger partial charge in [0, 0.05) is 26.1 Å². The number of hydrogen-bond acceptors (Lipinski definition) is 6. The van der Waals surface area contributed by atoms with Crippen molar-refractivity contribution >= 4 is 18.3 Å². The molecule has 0 radical (unpaired) electrons. The Bertz CT molecular complexity index is 441. The van der Waals surface area contributed by atoms with Gasteiger partial charge in [-0.2, -0.15) is 0 Å². The van der Waals surface area contributed by atoms with Crippen molar-refractivity contribution in [3.05, 3.63) is 0 Å². The summed E-state index contributed by atoms with van der Waals surface area (Å²) in [6.45, 7) is 5.04. The van der Waals surface area contributed by atoms with Gasteiger partial charge in [-0.25, -0.2) is 0 Å². The molecule has 0 saturated carbocycles. The monoisotopic (exact) mass is 343 g/mol. The van der Waals surface area contributed by atoms with E-state index in [0.29, 0.717) is 26.2 Å². The standard InChI is InChI=1S/C14H23N3O4.CH2O2/c18-13(8-17-3-1-2-14(17)19)15-11-9-21-10-12(11)16-4-6-20-7-5-16;2-1-3/h11-12H,1-10H2,(H,15,18);1H,(H,2,3)/t11-,12-;/m0./s1. The van der Waals surface area contributed by atoms with Crippen molar-refractivity contribution in [1.82, 2.24) is 15.1 Å². The second-order valence-electron chi connectivity index (χ2n) is 5.95. The number of rotatable bonds is 4. The topological polar surface area (TPSA) is 108 Å². The third kappa shape index (κ3) is 5.15. The summed E-state index contributed by atoms with van der Waals surface area (Å²) in [5.41, 5.74) is 0. The SMILES string of the molecule is O=C(CN1CCCC1=O)N[C@H]1COC[C@@H]1N1CCOCC1.O=CO. The lowest BCUT2D eigenvalue weighted by Gasteiger charge is -2.34. The normalized spacial score (nSPS) is 27.5. The molecule has 9 nitrogen and oxygen atoms in total. The van der Waals surface area contributed by atoms with E-state index >= 15 is 0 Å². The number of amides is 2. The number of carbonyl (C=O) groups excluding carboxylic acids is 2. The molecule has 136 valence electrons. The van der Waals surface area contributed by atoms with Gasteiger partial charge < -0.3 is 24.8 Å². The van der Waals surface area contributed by atoms with Crippen LogP contribution in [0.3, 0.4) is 0 Å². The molecule has 3 saturated heterocycles. The maximum atomic E-state index is 12.1. The van der Waals surface area contributed by atoms with E-state index in [2.05, 4.69) is 10.2 Å². The van der Waals surface area contributed by atoms with Gasteiger partial charge in [0.25, 0.3) is 6.47 Å². The molecule has 0 aromatic heterocycles. The van der Waals surface area contributed by atoms with Crippen LogP contribution in [0.2, 0.25) is 0 Å². The number of ether oxygens (including phenoxy) is 2. The van der Waals surface area contributed by atoms with E-state index < -0.39 is 0 Å². The third-order valence-corrected chi connectivity index (χ3v) is 4.42. The Morgan fingerprint density at radius 1 is 1.25 bits per heavy atom. The minimum atomic E-state index is -0.250. The molecule has 0 spiro atoms. The number of morpholine rings is 1. The van der Waals surface area contributed by atoms with E-state index in [-0.39, 0.29) is 36.9 Å². The molecule has 2 amide bonds. The van der Waals surface area contributed by atoms with Crippen LogP contribution in [0, 0.1) is 0 Å². The Kier molecular flexibility index (Phi) is 7.41. The molecule has 0 bridgehead atoms. The zero-order chi connectivity index (χ0) is 17.4. The molecular weight excluding hydrogens is 318 g/mol. The first-order valence-electron chi connectivity index (χ1n) is 8.20. The maximum Gasteiger partial charge on any atom is 0.290 e. The second-order valence-corrected chi connectivity index (χ2v) is 5.95. The van der Waals surface area contributed by atoms with E-state index in [0.717, 1.165) is 32.7 Å². The van der Waals surface area contributed by atoms with E-state index in [9.17, 15) is 9.59 Å². The highest BCUT2D eigenvalue weighted by Gasteiger charge is 2.35. The van der Waals surface area contributed by atoms with E-state index in [1.807, 2.05) is 0 Å². The van der Waals surface area contributed by atoms with Gasteiger partial charge in [0.15, 0.2) is 0 Å². The predicted molar refractivity (Wildman–Crippen MR) is 83.4 cm³/mol. The number of carbonyl (C=O) groups is 3. The Labute approximate surface area is 140 Å². The summed E-state index contributed by atoms with van der Waals surface area (Å²) in [6, 6.07) is 0.223. The minimum absolute atomic E-state index is 0.00769. The van der Waals surface area contributed by atoms with Gasteiger partial charge in [-0.1, -0.05) is 0 Å². The van der Waals surface area contributed by atoms with Crippen LogP contribution in [-0.2, 0) is 23.9 Å². The summed E-state index contributed by atoms with van der Waals surface area (Å²) < 4.78 is 10.9. The van der Waals surface area contributed by atoms with Gasteiger partial charge in [0.2, 0.25) is 11.8 Å². The summed E-state index contributed by atoms with van der Waals surface area (Å²) in [5.74, 6) is -0.00318. The molecule has 0 aromatic carbocycles. The molecule has 9 heteroatoms. The number of likely N-dealkylation sites (tertiary alicyclic amines) is 1. The molecule has 0 aliphatic carbocycles. The zero-order valence-electron chi connectivity index (χ0n) is 13.7. The first kappa shape index (κ1) is 18.6. The van der Waals surface area contributed by atoms with Crippen molar-refractivity contribution in [2.45, 2.75) is 24.9 Å². The Hall–Kier alpha value is -1.71. The van der Waals surface area contributed by atoms with Gasteiger partial charge in [-0.05, 0) is 6.42 Å². The molecule has 24 heavy (non-hydrogen) atoms. The largest absolute Gasteiger partial charge is 0.483 e. The fraction of sp³-hybridized carbons (Fsp3) is 0.800. The van der Waals surface area contributed by atoms with Crippen molar-refractivity contribution in [3.8, 4) is 0 Å². The summed E-state index contributed by atoms with van der Waals surface area (Å²) in [7, 11) is 0. The van der Waals surface area contributed by atoms with E-state index in [1.54, 1.807) is 4.90 Å². The van der Waals surface area contributed by atoms with Crippen LogP contribution in [0.4, 0.5) is 0 Å². The molecule has 0 unspecified atom stereocenters. The van der Waals surface area contributed by atoms with Crippen LogP contribution in [-0.4, -0.2) is 97.9 Å². The van der Waals surface area contributed by atoms with Crippen LogP contribution in [0.5, 0.6) is 0 Å². The highest BCUT2D eigenvalue weighted by molar-refractivity contribution is 5.86. The predicted octanol–water partition coefficient (Wildman–Crippen LogP) is -1.47. The Morgan fingerprint density at radius 3 is 2.58 bits per heavy atom. The lowest BCUT2D eigenvalue weighted by atomic mass is 10.1. The molecular formula is C15H25N3O6. The van der Waals surface area contributed by atoms with Crippen molar-refractivity contribution < 1.29 is 29.0 Å². The average molecular weight is 343 g/mol. The van der Waals surface area contributed by atoms with Crippen molar-refractivity contribution in [1.29, 1.82) is 0 Å². The molecule has 2 N–H and O–H groups in total. The lowest BCUT2D eigenvalue weighted by Crippen LogP contribution is -2.55. The summed E-state index contributed by atoms with van der Waals surface area (Å²) in [6.07, 6.45) is 1.42. The fourth-order valence-electron chi connectivity index (χ4n) is 3.25. The van der Waals surface area contributed by atoms with Crippen LogP contribution in [0.25, 0.3) is 0 Å². The zero-order valence-corrected chi connectivity index (χ0v) is 13.7. The van der Waals surface area contributed by atoms with Gasteiger partial charge in [0.05, 0.1) is 45.1 Å². The van der Waals surface area contributed by atoms with Crippen molar-refractivity contribution in [2.24, 2.45) is 0 Å². The molecule has 3 fully saturated rings. The van der Waals surface area contributed by atoms with E-state index in [4.69, 9.17) is 19.4 Å². The first-order valence-corrected chi connectivity index (χ1v) is 8.20. The Morgan fingerprint density at radius 2 is 1.96 bits per heavy atom. The van der Waals surface area contributed by atoms with Crippen LogP contribution in [0.1, 0.15) is 12.8 Å². The summed E-state index contributed by atoms with van der Waals surface area (Å²) in [5, 5.41) is 9.92. The third-order valence-electron chi connectivity index (χ3n) is 4.42. The van der Waals surface area contributed by atoms with Crippen molar-refractivity contribution in [3.63, 3.8) is 0 Å². The minimum Gasteiger partial charge on any atom is -0.483 e. The first-order chi connectivity index (χ1) is 11.7. The van der Waals surface area contributed by atoms with Crippen LogP contribution in [0.15, 0.2) is 0 Å². The smallest absolute Gasteiger partial charge is 0.290 e. The quantitative estimate of drug-likeness (QED) is 0.600. The van der Waals surface area contributed by atoms with Gasteiger partial charge in [0.1, 0.15) is 0 Å². The number of hydrogen-bond donors (Lipinski definition) is 2. The Balaban J connectivity index is 0.000000647. The number of nitrogens with one attached hydrogen (secondary N) is 1. The van der Waals surface area contributed by atoms with Gasteiger partial charge >= 0.3 is 0 Å². The highest BCUT2D eigenvalue weighted by Crippen LogP contribution is 2.15. The summed E-state index contributed by atoms with van der Waals surface area (Å²) >= 11 is 0. The fourth-order valence-corrected chi connectivity index (χ4v) is 3.25. The van der Waals surface area contributed by atoms with E-state index in [1.165, 1.54) is 0 Å². The molecule has 0 aromatic rings. The number of carboxylic acid groups (broad SMARTS) is 1. The lowest BCUT2D eigenvalue weighted by molar-refractivity contribution is -0.133. The second kappa shape index (κ2) is 9.55. The average Bonchev–Trinajstić information content (AvgIpc) is 3.19. The number of nitrogens with zero attached hydrogens (tertiary/aromatic N) is 2.